The minimum Gasteiger partial charge on any atom is -0.314 e. The van der Waals surface area contributed by atoms with Crippen molar-refractivity contribution >= 4 is 0 Å². The van der Waals surface area contributed by atoms with Crippen LogP contribution in [0.1, 0.15) is 79.1 Å². The molecule has 0 radical (unpaired) electrons. The van der Waals surface area contributed by atoms with Gasteiger partial charge in [-0.15, -0.1) is 0 Å². The van der Waals surface area contributed by atoms with Crippen LogP contribution in [0.25, 0.3) is 0 Å². The number of unbranched alkanes of at least 4 members (excludes halogenated alkanes) is 1. The van der Waals surface area contributed by atoms with Crippen LogP contribution < -0.4 is 5.32 Å². The minimum absolute atomic E-state index is 0.769. The molecule has 0 aliphatic rings. The van der Waals surface area contributed by atoms with Gasteiger partial charge in [-0.25, -0.2) is 0 Å². The van der Waals surface area contributed by atoms with Gasteiger partial charge in [-0.3, -0.25) is 0 Å². The maximum Gasteiger partial charge on any atom is 0.00669 e. The first-order chi connectivity index (χ1) is 7.78. The van der Waals surface area contributed by atoms with Gasteiger partial charge in [-0.2, -0.15) is 0 Å². The largest absolute Gasteiger partial charge is 0.314 e. The van der Waals surface area contributed by atoms with Crippen molar-refractivity contribution < 1.29 is 0 Å². The van der Waals surface area contributed by atoms with Gasteiger partial charge in [-0.05, 0) is 31.7 Å². The third kappa shape index (κ3) is 8.15. The van der Waals surface area contributed by atoms with Gasteiger partial charge in [0, 0.05) is 6.04 Å². The van der Waals surface area contributed by atoms with Crippen LogP contribution in [0.15, 0.2) is 0 Å². The molecule has 1 heteroatoms. The maximum atomic E-state index is 3.62. The van der Waals surface area contributed by atoms with Crippen LogP contribution in [0.3, 0.4) is 0 Å². The molecule has 2 unspecified atom stereocenters. The summed E-state index contributed by atoms with van der Waals surface area (Å²) in [6.07, 6.45) is 11.0. The molecule has 98 valence electrons. The van der Waals surface area contributed by atoms with E-state index >= 15 is 0 Å². The van der Waals surface area contributed by atoms with E-state index in [1.54, 1.807) is 0 Å². The Morgan fingerprint density at radius 1 is 0.812 bits per heavy atom. The van der Waals surface area contributed by atoms with Crippen molar-refractivity contribution in [1.82, 2.24) is 5.32 Å². The molecule has 0 saturated carbocycles. The summed E-state index contributed by atoms with van der Waals surface area (Å²) in [5.74, 6) is 0.970. The van der Waals surface area contributed by atoms with E-state index in [1.807, 2.05) is 0 Å². The second kappa shape index (κ2) is 11.4. The van der Waals surface area contributed by atoms with Gasteiger partial charge in [0.25, 0.3) is 0 Å². The Kier molecular flexibility index (Phi) is 11.4. The molecule has 0 bridgehead atoms. The summed E-state index contributed by atoms with van der Waals surface area (Å²) in [5, 5.41) is 3.62. The molecule has 0 amide bonds. The Bertz CT molecular complexity index is 127. The zero-order valence-corrected chi connectivity index (χ0v) is 12.0. The van der Waals surface area contributed by atoms with Crippen molar-refractivity contribution in [2.45, 2.75) is 85.1 Å². The van der Waals surface area contributed by atoms with Gasteiger partial charge < -0.3 is 5.32 Å². The summed E-state index contributed by atoms with van der Waals surface area (Å²) in [4.78, 5) is 0. The van der Waals surface area contributed by atoms with Crippen molar-refractivity contribution in [2.75, 3.05) is 6.54 Å². The lowest BCUT2D eigenvalue weighted by Crippen LogP contribution is -2.29. The van der Waals surface area contributed by atoms with Gasteiger partial charge in [0.2, 0.25) is 0 Å². The fourth-order valence-corrected chi connectivity index (χ4v) is 2.47. The van der Waals surface area contributed by atoms with Crippen molar-refractivity contribution in [2.24, 2.45) is 5.92 Å². The van der Waals surface area contributed by atoms with Crippen molar-refractivity contribution in [3.63, 3.8) is 0 Å². The van der Waals surface area contributed by atoms with Gasteiger partial charge in [-0.1, -0.05) is 59.8 Å². The molecule has 0 aliphatic heterocycles. The van der Waals surface area contributed by atoms with E-state index in [-0.39, 0.29) is 0 Å². The van der Waals surface area contributed by atoms with Gasteiger partial charge in [0.1, 0.15) is 0 Å². The van der Waals surface area contributed by atoms with Crippen molar-refractivity contribution in [3.8, 4) is 0 Å². The van der Waals surface area contributed by atoms with E-state index in [1.165, 1.54) is 51.4 Å². The average Bonchev–Trinajstić information content (AvgIpc) is 2.30. The molecule has 0 aromatic heterocycles. The fourth-order valence-electron chi connectivity index (χ4n) is 2.47. The number of nitrogens with one attached hydrogen (secondary N) is 1. The zero-order chi connectivity index (χ0) is 12.2. The first-order valence-electron chi connectivity index (χ1n) is 7.51. The van der Waals surface area contributed by atoms with Crippen LogP contribution in [0.5, 0.6) is 0 Å². The molecular weight excluding hydrogens is 194 g/mol. The summed E-state index contributed by atoms with van der Waals surface area (Å²) in [6, 6.07) is 0.769. The molecule has 0 heterocycles. The van der Waals surface area contributed by atoms with Gasteiger partial charge in [0.15, 0.2) is 0 Å². The highest BCUT2D eigenvalue weighted by Crippen LogP contribution is 2.20. The summed E-state index contributed by atoms with van der Waals surface area (Å²) < 4.78 is 0. The van der Waals surface area contributed by atoms with E-state index in [0.29, 0.717) is 0 Å². The van der Waals surface area contributed by atoms with Crippen LogP contribution >= 0.6 is 0 Å². The third-order valence-corrected chi connectivity index (χ3v) is 3.60. The molecule has 0 aliphatic carbocycles. The van der Waals surface area contributed by atoms with Crippen LogP contribution in [-0.2, 0) is 0 Å². The molecule has 0 saturated heterocycles. The van der Waals surface area contributed by atoms with Crippen LogP contribution in [-0.4, -0.2) is 12.6 Å². The molecule has 0 aromatic carbocycles. The molecular formula is C15H33N. The highest BCUT2D eigenvalue weighted by Gasteiger charge is 2.10. The Hall–Kier alpha value is -0.0400. The third-order valence-electron chi connectivity index (χ3n) is 3.60. The summed E-state index contributed by atoms with van der Waals surface area (Å²) in [6.45, 7) is 10.3. The first kappa shape index (κ1) is 16.0. The Morgan fingerprint density at radius 2 is 1.56 bits per heavy atom. The van der Waals surface area contributed by atoms with E-state index in [0.717, 1.165) is 18.5 Å². The highest BCUT2D eigenvalue weighted by molar-refractivity contribution is 4.68. The van der Waals surface area contributed by atoms with E-state index in [4.69, 9.17) is 0 Å². The Balaban J connectivity index is 3.76. The Labute approximate surface area is 103 Å². The normalized spacial score (nSPS) is 15.0. The summed E-state index contributed by atoms with van der Waals surface area (Å²) >= 11 is 0. The van der Waals surface area contributed by atoms with Crippen molar-refractivity contribution in [1.29, 1.82) is 0 Å². The predicted molar refractivity (Wildman–Crippen MR) is 74.9 cm³/mol. The Morgan fingerprint density at radius 3 is 2.06 bits per heavy atom. The predicted octanol–water partition coefficient (Wildman–Crippen LogP) is 4.76. The molecule has 0 fully saturated rings. The number of hydrogen-bond donors (Lipinski definition) is 1. The lowest BCUT2D eigenvalue weighted by atomic mass is 9.91. The molecule has 0 rings (SSSR count). The quantitative estimate of drug-likeness (QED) is 0.536. The summed E-state index contributed by atoms with van der Waals surface area (Å²) in [5.41, 5.74) is 0. The molecule has 1 nitrogen and oxygen atoms in total. The van der Waals surface area contributed by atoms with Crippen LogP contribution in [0.2, 0.25) is 0 Å². The van der Waals surface area contributed by atoms with Crippen LogP contribution in [0, 0.1) is 5.92 Å². The standard InChI is InChI=1S/C15H33N/c1-5-9-11-14(7-3)12-13-15(10-6-2)16-8-4/h14-16H,5-13H2,1-4H3. The van der Waals surface area contributed by atoms with Gasteiger partial charge in [0.05, 0.1) is 0 Å². The lowest BCUT2D eigenvalue weighted by molar-refractivity contribution is 0.360. The van der Waals surface area contributed by atoms with Gasteiger partial charge >= 0.3 is 0 Å². The molecule has 2 atom stereocenters. The lowest BCUT2D eigenvalue weighted by Gasteiger charge is -2.20. The van der Waals surface area contributed by atoms with E-state index in [9.17, 15) is 0 Å². The first-order valence-corrected chi connectivity index (χ1v) is 7.51. The average molecular weight is 227 g/mol. The summed E-state index contributed by atoms with van der Waals surface area (Å²) in [7, 11) is 0. The SMILES string of the molecule is CCCCC(CC)CCC(CCC)NCC. The minimum atomic E-state index is 0.769. The van der Waals surface area contributed by atoms with E-state index in [2.05, 4.69) is 33.0 Å². The molecule has 16 heavy (non-hydrogen) atoms. The number of rotatable bonds is 11. The van der Waals surface area contributed by atoms with Crippen molar-refractivity contribution in [3.05, 3.63) is 0 Å². The molecule has 0 aromatic rings. The maximum absolute atomic E-state index is 3.62. The second-order valence-electron chi connectivity index (χ2n) is 5.04. The molecule has 1 N–H and O–H groups in total. The topological polar surface area (TPSA) is 12.0 Å². The number of hydrogen-bond acceptors (Lipinski definition) is 1. The second-order valence-corrected chi connectivity index (χ2v) is 5.04. The zero-order valence-electron chi connectivity index (χ0n) is 12.0. The molecule has 0 spiro atoms. The monoisotopic (exact) mass is 227 g/mol. The van der Waals surface area contributed by atoms with Crippen LogP contribution in [0.4, 0.5) is 0 Å². The van der Waals surface area contributed by atoms with E-state index < -0.39 is 0 Å². The highest BCUT2D eigenvalue weighted by atomic mass is 14.9. The fraction of sp³-hybridized carbons (Fsp3) is 1.00. The smallest absolute Gasteiger partial charge is 0.00669 e.